The van der Waals surface area contributed by atoms with Gasteiger partial charge in [0.25, 0.3) is 5.91 Å². The summed E-state index contributed by atoms with van der Waals surface area (Å²) in [5.74, 6) is 0.0137. The molecule has 0 unspecified atom stereocenters. The first-order valence-electron chi connectivity index (χ1n) is 10.6. The quantitative estimate of drug-likeness (QED) is 0.516. The van der Waals surface area contributed by atoms with E-state index < -0.39 is 5.82 Å². The van der Waals surface area contributed by atoms with Gasteiger partial charge in [-0.2, -0.15) is 0 Å². The van der Waals surface area contributed by atoms with Crippen molar-refractivity contribution in [3.05, 3.63) is 65.1 Å². The van der Waals surface area contributed by atoms with Gasteiger partial charge in [0.1, 0.15) is 17.4 Å². The molecule has 0 aliphatic carbocycles. The highest BCUT2D eigenvalue weighted by molar-refractivity contribution is 6.05. The van der Waals surface area contributed by atoms with Crippen LogP contribution in [0.15, 0.2) is 42.6 Å². The molecule has 1 aromatic heterocycles. The van der Waals surface area contributed by atoms with E-state index in [1.165, 1.54) is 18.3 Å². The first-order valence-corrected chi connectivity index (χ1v) is 10.6. The maximum absolute atomic E-state index is 14.4. The van der Waals surface area contributed by atoms with Crippen molar-refractivity contribution in [1.29, 1.82) is 0 Å². The lowest BCUT2D eigenvalue weighted by molar-refractivity contribution is 0.102. The molecule has 2 aromatic carbocycles. The number of anilines is 3. The minimum Gasteiger partial charge on any atom is -0.492 e. The average Bonchev–Trinajstić information content (AvgIpc) is 3.08. The van der Waals surface area contributed by atoms with Gasteiger partial charge >= 0.3 is 0 Å². The Bertz CT molecular complexity index is 1170. The van der Waals surface area contributed by atoms with Crippen molar-refractivity contribution >= 4 is 23.1 Å². The number of carbonyl (C=O) groups is 1. The molecule has 0 radical (unpaired) electrons. The summed E-state index contributed by atoms with van der Waals surface area (Å²) < 4.78 is 20.1. The summed E-state index contributed by atoms with van der Waals surface area (Å²) in [6.45, 7) is 10.5. The first kappa shape index (κ1) is 23.1. The van der Waals surface area contributed by atoms with Crippen LogP contribution in [0.2, 0.25) is 0 Å². The Morgan fingerprint density at radius 2 is 1.84 bits per heavy atom. The van der Waals surface area contributed by atoms with E-state index in [-0.39, 0.29) is 22.8 Å². The number of nitrogens with two attached hydrogens (primary N) is 2. The van der Waals surface area contributed by atoms with Gasteiger partial charge in [-0.25, -0.2) is 9.37 Å². The minimum atomic E-state index is -0.500. The van der Waals surface area contributed by atoms with Crippen molar-refractivity contribution in [2.75, 3.05) is 23.4 Å². The zero-order valence-corrected chi connectivity index (χ0v) is 19.0. The minimum absolute atomic E-state index is 0.0926. The van der Waals surface area contributed by atoms with E-state index in [9.17, 15) is 9.18 Å². The maximum atomic E-state index is 14.4. The molecule has 0 saturated heterocycles. The molecule has 5 N–H and O–H groups in total. The van der Waals surface area contributed by atoms with Gasteiger partial charge in [0, 0.05) is 34.0 Å². The number of pyridine rings is 1. The fourth-order valence-corrected chi connectivity index (χ4v) is 3.69. The van der Waals surface area contributed by atoms with Crippen molar-refractivity contribution < 1.29 is 13.9 Å². The number of hydrogen-bond acceptors (Lipinski definition) is 5. The Morgan fingerprint density at radius 1 is 1.12 bits per heavy atom. The van der Waals surface area contributed by atoms with Crippen molar-refractivity contribution in [3.63, 3.8) is 0 Å². The summed E-state index contributed by atoms with van der Waals surface area (Å²) in [5.41, 5.74) is 15.6. The van der Waals surface area contributed by atoms with Crippen LogP contribution in [-0.2, 0) is 5.41 Å². The van der Waals surface area contributed by atoms with Crippen LogP contribution in [0.1, 0.15) is 49.2 Å². The fourth-order valence-electron chi connectivity index (χ4n) is 3.69. The number of amides is 1. The van der Waals surface area contributed by atoms with Crippen LogP contribution < -0.4 is 21.5 Å². The molecular weight excluding hydrogens is 407 g/mol. The first-order chi connectivity index (χ1) is 15.2. The molecule has 3 aromatic rings. The smallest absolute Gasteiger partial charge is 0.255 e. The van der Waals surface area contributed by atoms with Gasteiger partial charge in [-0.15, -0.1) is 0 Å². The molecule has 0 fully saturated rings. The summed E-state index contributed by atoms with van der Waals surface area (Å²) in [4.78, 5) is 16.8. The number of benzene rings is 2. The van der Waals surface area contributed by atoms with Crippen LogP contribution >= 0.6 is 0 Å². The van der Waals surface area contributed by atoms with Crippen molar-refractivity contribution in [3.8, 4) is 16.9 Å². The van der Waals surface area contributed by atoms with Crippen LogP contribution in [0, 0.1) is 12.7 Å². The van der Waals surface area contributed by atoms with Crippen LogP contribution in [0.5, 0.6) is 5.75 Å². The molecule has 6 nitrogen and oxygen atoms in total. The lowest BCUT2D eigenvalue weighted by Gasteiger charge is -2.16. The molecular formula is C25H29FN4O2. The van der Waals surface area contributed by atoms with Gasteiger partial charge in [0.15, 0.2) is 0 Å². The largest absolute Gasteiger partial charge is 0.492 e. The SMILES string of the molecule is CC.Cc1c(NC(=O)c2ccc3c(c2)OCC3(C)C)cc(F)cc1-c1ccnc(N)c1N. The number of aromatic nitrogens is 1. The third-order valence-corrected chi connectivity index (χ3v) is 5.49. The van der Waals surface area contributed by atoms with E-state index >= 15 is 0 Å². The number of rotatable bonds is 3. The molecule has 168 valence electrons. The number of nitrogens with zero attached hydrogens (tertiary/aromatic N) is 1. The summed E-state index contributed by atoms with van der Waals surface area (Å²) >= 11 is 0. The molecule has 0 spiro atoms. The molecule has 32 heavy (non-hydrogen) atoms. The highest BCUT2D eigenvalue weighted by Crippen LogP contribution is 2.39. The van der Waals surface area contributed by atoms with Crippen molar-refractivity contribution in [1.82, 2.24) is 4.98 Å². The van der Waals surface area contributed by atoms with Gasteiger partial charge in [0.2, 0.25) is 0 Å². The summed E-state index contributed by atoms with van der Waals surface area (Å²) in [6.07, 6.45) is 1.51. The fraction of sp³-hybridized carbons (Fsp3) is 0.280. The molecule has 0 atom stereocenters. The van der Waals surface area contributed by atoms with Crippen LogP contribution in [-0.4, -0.2) is 17.5 Å². The third-order valence-electron chi connectivity index (χ3n) is 5.49. The lowest BCUT2D eigenvalue weighted by Crippen LogP contribution is -2.18. The molecule has 1 aliphatic rings. The highest BCUT2D eigenvalue weighted by atomic mass is 19.1. The normalized spacial score (nSPS) is 13.4. The van der Waals surface area contributed by atoms with Crippen LogP contribution in [0.25, 0.3) is 11.1 Å². The Hall–Kier alpha value is -3.61. The number of hydrogen-bond donors (Lipinski definition) is 3. The topological polar surface area (TPSA) is 103 Å². The summed E-state index contributed by atoms with van der Waals surface area (Å²) in [6, 6.07) is 9.68. The second-order valence-electron chi connectivity index (χ2n) is 8.12. The standard InChI is InChI=1S/C23H23FN4O2.C2H6/c1-12-16(15-6-7-27-21(26)20(15)25)9-14(24)10-18(12)28-22(29)13-4-5-17-19(8-13)30-11-23(17,2)3;1-2/h4-10H,11,25H2,1-3H3,(H2,26,27)(H,28,29);1-2H3. The van der Waals surface area contributed by atoms with Crippen LogP contribution in [0.3, 0.4) is 0 Å². The molecule has 0 bridgehead atoms. The van der Waals surface area contributed by atoms with Gasteiger partial charge in [-0.05, 0) is 48.4 Å². The van der Waals surface area contributed by atoms with E-state index in [0.29, 0.717) is 40.3 Å². The van der Waals surface area contributed by atoms with Gasteiger partial charge in [-0.1, -0.05) is 33.8 Å². The number of nitrogen functional groups attached to an aromatic ring is 2. The van der Waals surface area contributed by atoms with Crippen LogP contribution in [0.4, 0.5) is 21.6 Å². The highest BCUT2D eigenvalue weighted by Gasteiger charge is 2.32. The second-order valence-corrected chi connectivity index (χ2v) is 8.12. The number of halogens is 1. The molecule has 0 saturated carbocycles. The lowest BCUT2D eigenvalue weighted by atomic mass is 9.86. The van der Waals surface area contributed by atoms with E-state index in [2.05, 4.69) is 24.1 Å². The molecule has 1 amide bonds. The Balaban J connectivity index is 0.00000141. The predicted molar refractivity (Wildman–Crippen MR) is 127 cm³/mol. The summed E-state index contributed by atoms with van der Waals surface area (Å²) in [5, 5.41) is 2.80. The number of fused-ring (bicyclic) bond motifs is 1. The number of ether oxygens (including phenoxy) is 1. The van der Waals surface area contributed by atoms with E-state index in [1.54, 1.807) is 25.1 Å². The Labute approximate surface area is 187 Å². The maximum Gasteiger partial charge on any atom is 0.255 e. The summed E-state index contributed by atoms with van der Waals surface area (Å²) in [7, 11) is 0. The van der Waals surface area contributed by atoms with E-state index in [1.807, 2.05) is 19.9 Å². The zero-order chi connectivity index (χ0) is 23.6. The number of nitrogens with one attached hydrogen (secondary N) is 1. The predicted octanol–water partition coefficient (Wildman–Crippen LogP) is 5.31. The number of carbonyl (C=O) groups excluding carboxylic acids is 1. The van der Waals surface area contributed by atoms with Gasteiger partial charge in [-0.3, -0.25) is 4.79 Å². The Kier molecular flexibility index (Phi) is 6.39. The monoisotopic (exact) mass is 436 g/mol. The molecule has 1 aliphatic heterocycles. The second kappa shape index (κ2) is 8.86. The third kappa shape index (κ3) is 4.23. The molecule has 7 heteroatoms. The molecule has 2 heterocycles. The van der Waals surface area contributed by atoms with Gasteiger partial charge in [0.05, 0.1) is 12.3 Å². The van der Waals surface area contributed by atoms with Gasteiger partial charge < -0.3 is 21.5 Å². The van der Waals surface area contributed by atoms with E-state index in [4.69, 9.17) is 16.2 Å². The molecule has 4 rings (SSSR count). The van der Waals surface area contributed by atoms with E-state index in [0.717, 1.165) is 5.56 Å². The van der Waals surface area contributed by atoms with Crippen molar-refractivity contribution in [2.24, 2.45) is 0 Å². The zero-order valence-electron chi connectivity index (χ0n) is 19.0. The Morgan fingerprint density at radius 3 is 2.56 bits per heavy atom. The van der Waals surface area contributed by atoms with Crippen molar-refractivity contribution in [2.45, 2.75) is 40.0 Å². The average molecular weight is 437 g/mol.